The summed E-state index contributed by atoms with van der Waals surface area (Å²) in [6, 6.07) is 6.56. The monoisotopic (exact) mass is 491 g/mol. The molecule has 1 saturated carbocycles. The minimum absolute atomic E-state index is 0.00246. The van der Waals surface area contributed by atoms with E-state index in [1.807, 2.05) is 19.1 Å². The van der Waals surface area contributed by atoms with E-state index < -0.39 is 17.6 Å². The van der Waals surface area contributed by atoms with Crippen LogP contribution in [0.3, 0.4) is 0 Å². The molecule has 3 N–H and O–H groups in total. The number of alkyl halides is 3. The average Bonchev–Trinajstić information content (AvgIpc) is 3.19. The Bertz CT molecular complexity index is 1140. The zero-order valence-corrected chi connectivity index (χ0v) is 19.3. The number of amides is 1. The molecule has 0 radical (unpaired) electrons. The van der Waals surface area contributed by atoms with Gasteiger partial charge in [-0.15, -0.1) is 0 Å². The van der Waals surface area contributed by atoms with Crippen LogP contribution in [0.4, 0.5) is 19.0 Å². The van der Waals surface area contributed by atoms with Crippen LogP contribution in [-0.4, -0.2) is 33.7 Å². The fourth-order valence-corrected chi connectivity index (χ4v) is 4.52. The van der Waals surface area contributed by atoms with Gasteiger partial charge in [-0.1, -0.05) is 17.7 Å². The lowest BCUT2D eigenvalue weighted by Crippen LogP contribution is -2.38. The summed E-state index contributed by atoms with van der Waals surface area (Å²) in [5.74, 6) is 0.669. The zero-order chi connectivity index (χ0) is 24.3. The van der Waals surface area contributed by atoms with Crippen molar-refractivity contribution in [3.63, 3.8) is 0 Å². The predicted octanol–water partition coefficient (Wildman–Crippen LogP) is 5.85. The Morgan fingerprint density at radius 1 is 1.21 bits per heavy atom. The number of aromatic nitrogens is 3. The van der Waals surface area contributed by atoms with Crippen molar-refractivity contribution in [1.29, 1.82) is 0 Å². The summed E-state index contributed by atoms with van der Waals surface area (Å²) in [6.45, 7) is 2.68. The van der Waals surface area contributed by atoms with Gasteiger partial charge in [0.25, 0.3) is 5.91 Å². The van der Waals surface area contributed by atoms with E-state index in [2.05, 4.69) is 25.8 Å². The van der Waals surface area contributed by atoms with Gasteiger partial charge in [0.05, 0.1) is 21.8 Å². The second kappa shape index (κ2) is 10.0. The second-order valence-electron chi connectivity index (χ2n) is 8.57. The van der Waals surface area contributed by atoms with E-state index in [1.165, 1.54) is 0 Å². The summed E-state index contributed by atoms with van der Waals surface area (Å²) >= 11 is 5.99. The van der Waals surface area contributed by atoms with Crippen molar-refractivity contribution >= 4 is 23.3 Å². The topological polar surface area (TPSA) is 82.7 Å². The molecule has 6 nitrogen and oxygen atoms in total. The van der Waals surface area contributed by atoms with Crippen molar-refractivity contribution in [3.8, 4) is 11.1 Å². The molecule has 1 aliphatic rings. The van der Waals surface area contributed by atoms with Gasteiger partial charge >= 0.3 is 6.18 Å². The minimum atomic E-state index is -4.53. The molecule has 1 aliphatic carbocycles. The van der Waals surface area contributed by atoms with Crippen LogP contribution < -0.4 is 10.6 Å². The van der Waals surface area contributed by atoms with Gasteiger partial charge in [0.2, 0.25) is 0 Å². The number of halogens is 4. The standard InChI is InChI=1S/C24H25ClF3N5O/c1-14-21(16-3-2-10-29-13-16)22(33-32-14)30-12-15-4-7-18(8-5-15)31-23(34)19-11-17(24(26,27)28)6-9-20(19)25/h2-3,6,9-11,13,15,18H,4-5,7-8,12H2,1H3,(H,31,34)(H2,30,32,33)/t15-,18-. The van der Waals surface area contributed by atoms with Crippen molar-refractivity contribution in [3.05, 3.63) is 64.6 Å². The molecule has 1 aromatic carbocycles. The minimum Gasteiger partial charge on any atom is -0.370 e. The predicted molar refractivity (Wildman–Crippen MR) is 125 cm³/mol. The molecule has 0 aliphatic heterocycles. The van der Waals surface area contributed by atoms with E-state index in [-0.39, 0.29) is 16.6 Å². The van der Waals surface area contributed by atoms with E-state index in [0.29, 0.717) is 5.92 Å². The Balaban J connectivity index is 1.31. The molecule has 3 aromatic rings. The van der Waals surface area contributed by atoms with Crippen LogP contribution in [-0.2, 0) is 6.18 Å². The molecule has 4 rings (SSSR count). The van der Waals surface area contributed by atoms with E-state index >= 15 is 0 Å². The Morgan fingerprint density at radius 3 is 2.65 bits per heavy atom. The van der Waals surface area contributed by atoms with Gasteiger partial charge in [-0.05, 0) is 62.8 Å². The number of anilines is 1. The van der Waals surface area contributed by atoms with Gasteiger partial charge < -0.3 is 10.6 Å². The number of hydrogen-bond donors (Lipinski definition) is 3. The molecule has 2 aromatic heterocycles. The molecule has 34 heavy (non-hydrogen) atoms. The van der Waals surface area contributed by atoms with Crippen LogP contribution in [0, 0.1) is 12.8 Å². The zero-order valence-electron chi connectivity index (χ0n) is 18.5. The van der Waals surface area contributed by atoms with Crippen molar-refractivity contribution in [1.82, 2.24) is 20.5 Å². The maximum Gasteiger partial charge on any atom is 0.416 e. The molecule has 0 spiro atoms. The number of nitrogens with zero attached hydrogens (tertiary/aromatic N) is 2. The molecule has 180 valence electrons. The number of nitrogens with one attached hydrogen (secondary N) is 3. The normalized spacial score (nSPS) is 18.5. The lowest BCUT2D eigenvalue weighted by molar-refractivity contribution is -0.137. The van der Waals surface area contributed by atoms with Crippen LogP contribution in [0.25, 0.3) is 11.1 Å². The first-order chi connectivity index (χ1) is 16.2. The first kappa shape index (κ1) is 24.1. The quantitative estimate of drug-likeness (QED) is 0.404. The number of aryl methyl sites for hydroxylation is 1. The largest absolute Gasteiger partial charge is 0.416 e. The van der Waals surface area contributed by atoms with E-state index in [0.717, 1.165) is 73.1 Å². The van der Waals surface area contributed by atoms with Crippen LogP contribution >= 0.6 is 11.6 Å². The highest BCUT2D eigenvalue weighted by Gasteiger charge is 2.32. The van der Waals surface area contributed by atoms with Crippen molar-refractivity contribution < 1.29 is 18.0 Å². The molecule has 0 atom stereocenters. The molecule has 0 saturated heterocycles. The second-order valence-corrected chi connectivity index (χ2v) is 8.97. The molecular weight excluding hydrogens is 467 g/mol. The molecule has 2 heterocycles. The van der Waals surface area contributed by atoms with Crippen molar-refractivity contribution in [2.75, 3.05) is 11.9 Å². The summed E-state index contributed by atoms with van der Waals surface area (Å²) in [7, 11) is 0. The summed E-state index contributed by atoms with van der Waals surface area (Å²) in [5.41, 5.74) is 1.81. The number of aromatic amines is 1. The van der Waals surface area contributed by atoms with Crippen molar-refractivity contribution in [2.24, 2.45) is 5.92 Å². The van der Waals surface area contributed by atoms with E-state index in [9.17, 15) is 18.0 Å². The summed E-state index contributed by atoms with van der Waals surface area (Å²) in [4.78, 5) is 16.8. The summed E-state index contributed by atoms with van der Waals surface area (Å²) in [5, 5.41) is 13.7. The third-order valence-electron chi connectivity index (χ3n) is 6.19. The van der Waals surface area contributed by atoms with Crippen molar-refractivity contribution in [2.45, 2.75) is 44.8 Å². The number of rotatable bonds is 6. The molecular formula is C24H25ClF3N5O. The van der Waals surface area contributed by atoms with Gasteiger partial charge in [0, 0.05) is 36.1 Å². The fourth-order valence-electron chi connectivity index (χ4n) is 4.32. The first-order valence-corrected chi connectivity index (χ1v) is 11.5. The summed E-state index contributed by atoms with van der Waals surface area (Å²) < 4.78 is 39.0. The SMILES string of the molecule is Cc1n[nH]c(NC[C@H]2CC[C@H](NC(=O)c3cc(C(F)(F)F)ccc3Cl)CC2)c1-c1cccnc1. The Kier molecular flexibility index (Phi) is 7.11. The molecule has 0 bridgehead atoms. The smallest absolute Gasteiger partial charge is 0.370 e. The highest BCUT2D eigenvalue weighted by molar-refractivity contribution is 6.33. The Morgan fingerprint density at radius 2 is 1.97 bits per heavy atom. The highest BCUT2D eigenvalue weighted by Crippen LogP contribution is 2.33. The number of hydrogen-bond acceptors (Lipinski definition) is 4. The number of carbonyl (C=O) groups is 1. The van der Waals surface area contributed by atoms with Gasteiger partial charge in [-0.2, -0.15) is 18.3 Å². The van der Waals surface area contributed by atoms with Gasteiger partial charge in [-0.25, -0.2) is 0 Å². The Hall–Kier alpha value is -3.07. The van der Waals surface area contributed by atoms with Gasteiger partial charge in [0.1, 0.15) is 5.82 Å². The lowest BCUT2D eigenvalue weighted by Gasteiger charge is -2.29. The van der Waals surface area contributed by atoms with Gasteiger partial charge in [-0.3, -0.25) is 14.9 Å². The lowest BCUT2D eigenvalue weighted by atomic mass is 9.86. The maximum absolute atomic E-state index is 13.0. The third kappa shape index (κ3) is 5.52. The number of benzene rings is 1. The van der Waals surface area contributed by atoms with E-state index in [1.54, 1.807) is 12.4 Å². The summed E-state index contributed by atoms with van der Waals surface area (Å²) in [6.07, 6.45) is 2.23. The highest BCUT2D eigenvalue weighted by atomic mass is 35.5. The average molecular weight is 492 g/mol. The van der Waals surface area contributed by atoms with Gasteiger partial charge in [0.15, 0.2) is 0 Å². The molecule has 1 fully saturated rings. The first-order valence-electron chi connectivity index (χ1n) is 11.1. The molecule has 1 amide bonds. The fraction of sp³-hybridized carbons (Fsp3) is 0.375. The van der Waals surface area contributed by atoms with Crippen LogP contribution in [0.1, 0.15) is 47.3 Å². The number of H-pyrrole nitrogens is 1. The van der Waals surface area contributed by atoms with E-state index in [4.69, 9.17) is 11.6 Å². The number of carbonyl (C=O) groups excluding carboxylic acids is 1. The molecule has 0 unspecified atom stereocenters. The van der Waals surface area contributed by atoms with Crippen LogP contribution in [0.15, 0.2) is 42.7 Å². The molecule has 10 heteroatoms. The maximum atomic E-state index is 13.0. The number of pyridine rings is 1. The third-order valence-corrected chi connectivity index (χ3v) is 6.51. The van der Waals surface area contributed by atoms with Crippen LogP contribution in [0.2, 0.25) is 5.02 Å². The van der Waals surface area contributed by atoms with Crippen LogP contribution in [0.5, 0.6) is 0 Å². The Labute approximate surface area is 200 Å².